The van der Waals surface area contributed by atoms with Crippen LogP contribution in [-0.4, -0.2) is 10.8 Å². The molecule has 0 radical (unpaired) electrons. The number of benzene rings is 2. The summed E-state index contributed by atoms with van der Waals surface area (Å²) in [5, 5.41) is 9.56. The number of aromatic amines is 1. The van der Waals surface area contributed by atoms with E-state index in [9.17, 15) is 9.18 Å². The highest BCUT2D eigenvalue weighted by atomic mass is 79.9. The Morgan fingerprint density at radius 2 is 2.10 bits per heavy atom. The number of nitrogens with zero attached hydrogens (tertiary/aromatic N) is 1. The molecule has 0 saturated heterocycles. The van der Waals surface area contributed by atoms with Gasteiger partial charge in [-0.25, -0.2) is 4.39 Å². The predicted octanol–water partition coefficient (Wildman–Crippen LogP) is 4.17. The molecule has 0 aliphatic carbocycles. The minimum Gasteiger partial charge on any atom is -0.360 e. The Labute approximate surface area is 128 Å². The first kappa shape index (κ1) is 13.5. The number of nitrogens with one attached hydrogen (secondary N) is 1. The van der Waals surface area contributed by atoms with Crippen molar-refractivity contribution in [3.05, 3.63) is 69.6 Å². The molecule has 0 bridgehead atoms. The highest BCUT2D eigenvalue weighted by Crippen LogP contribution is 2.27. The summed E-state index contributed by atoms with van der Waals surface area (Å²) in [6.45, 7) is 0. The van der Waals surface area contributed by atoms with Gasteiger partial charge in [-0.2, -0.15) is 5.26 Å². The van der Waals surface area contributed by atoms with Gasteiger partial charge in [0.05, 0.1) is 17.2 Å². The Balaban J connectivity index is 2.21. The summed E-state index contributed by atoms with van der Waals surface area (Å²) < 4.78 is 14.3. The fraction of sp³-hybridized carbons (Fsp3) is 0. The number of fused-ring (bicyclic) bond motifs is 1. The van der Waals surface area contributed by atoms with E-state index in [1.54, 1.807) is 24.3 Å². The molecule has 5 heteroatoms. The Bertz CT molecular complexity index is 888. The number of H-pyrrole nitrogens is 1. The van der Waals surface area contributed by atoms with Crippen molar-refractivity contribution in [3.8, 4) is 6.07 Å². The van der Waals surface area contributed by atoms with Crippen molar-refractivity contribution < 1.29 is 9.18 Å². The second-order valence-corrected chi connectivity index (χ2v) is 5.35. The topological polar surface area (TPSA) is 56.6 Å². The third kappa shape index (κ3) is 2.24. The summed E-state index contributed by atoms with van der Waals surface area (Å²) in [4.78, 5) is 15.6. The maximum absolute atomic E-state index is 13.9. The van der Waals surface area contributed by atoms with Crippen LogP contribution in [0.5, 0.6) is 0 Å². The van der Waals surface area contributed by atoms with Gasteiger partial charge in [-0.15, -0.1) is 0 Å². The van der Waals surface area contributed by atoms with Crippen LogP contribution in [0.3, 0.4) is 0 Å². The smallest absolute Gasteiger partial charge is 0.199 e. The Morgan fingerprint density at radius 1 is 1.29 bits per heavy atom. The van der Waals surface area contributed by atoms with Gasteiger partial charge in [0, 0.05) is 27.1 Å². The molecule has 0 saturated carbocycles. The predicted molar refractivity (Wildman–Crippen MR) is 80.5 cm³/mol. The minimum absolute atomic E-state index is 0.0132. The second-order valence-electron chi connectivity index (χ2n) is 4.50. The lowest BCUT2D eigenvalue weighted by Crippen LogP contribution is -2.04. The van der Waals surface area contributed by atoms with E-state index < -0.39 is 11.6 Å². The number of hydrogen-bond acceptors (Lipinski definition) is 2. The fourth-order valence-electron chi connectivity index (χ4n) is 2.23. The highest BCUT2D eigenvalue weighted by molar-refractivity contribution is 9.10. The van der Waals surface area contributed by atoms with Gasteiger partial charge in [-0.05, 0) is 46.3 Å². The molecule has 0 unspecified atom stereocenters. The van der Waals surface area contributed by atoms with Gasteiger partial charge >= 0.3 is 0 Å². The van der Waals surface area contributed by atoms with Crippen molar-refractivity contribution in [2.75, 3.05) is 0 Å². The number of halogens is 2. The van der Waals surface area contributed by atoms with Crippen LogP contribution in [0.15, 0.2) is 47.1 Å². The van der Waals surface area contributed by atoms with Crippen LogP contribution < -0.4 is 0 Å². The van der Waals surface area contributed by atoms with Gasteiger partial charge in [0.1, 0.15) is 5.82 Å². The lowest BCUT2D eigenvalue weighted by molar-refractivity contribution is 0.103. The molecule has 21 heavy (non-hydrogen) atoms. The van der Waals surface area contributed by atoms with Crippen LogP contribution >= 0.6 is 15.9 Å². The quantitative estimate of drug-likeness (QED) is 0.710. The normalized spacial score (nSPS) is 10.5. The van der Waals surface area contributed by atoms with E-state index in [0.717, 1.165) is 5.52 Å². The van der Waals surface area contributed by atoms with Crippen molar-refractivity contribution in [3.63, 3.8) is 0 Å². The number of ketones is 1. The van der Waals surface area contributed by atoms with E-state index in [0.29, 0.717) is 21.0 Å². The van der Waals surface area contributed by atoms with Crippen LogP contribution in [0.2, 0.25) is 0 Å². The summed E-state index contributed by atoms with van der Waals surface area (Å²) >= 11 is 3.20. The molecule has 0 aliphatic heterocycles. The van der Waals surface area contributed by atoms with E-state index in [4.69, 9.17) is 5.26 Å². The number of aromatic nitrogens is 1. The Morgan fingerprint density at radius 3 is 2.81 bits per heavy atom. The SMILES string of the molecule is N#Cc1ccc2[nH]cc(C(=O)c3c(F)cccc3Br)c2c1. The largest absolute Gasteiger partial charge is 0.360 e. The Hall–Kier alpha value is -2.45. The molecular weight excluding hydrogens is 335 g/mol. The average molecular weight is 343 g/mol. The van der Waals surface area contributed by atoms with Gasteiger partial charge in [-0.3, -0.25) is 4.79 Å². The average Bonchev–Trinajstić information content (AvgIpc) is 2.89. The summed E-state index contributed by atoms with van der Waals surface area (Å²) in [5.74, 6) is -1.01. The summed E-state index contributed by atoms with van der Waals surface area (Å²) in [6, 6.07) is 11.4. The third-order valence-electron chi connectivity index (χ3n) is 3.25. The number of carbonyl (C=O) groups excluding carboxylic acids is 1. The van der Waals surface area contributed by atoms with Crippen LogP contribution in [0.25, 0.3) is 10.9 Å². The molecule has 1 heterocycles. The molecule has 0 fully saturated rings. The maximum Gasteiger partial charge on any atom is 0.199 e. The lowest BCUT2D eigenvalue weighted by Gasteiger charge is -2.04. The molecule has 0 amide bonds. The van der Waals surface area contributed by atoms with Gasteiger partial charge in [0.2, 0.25) is 0 Å². The molecule has 3 nitrogen and oxygen atoms in total. The molecule has 1 N–H and O–H groups in total. The third-order valence-corrected chi connectivity index (χ3v) is 3.91. The first-order valence-electron chi connectivity index (χ1n) is 6.12. The van der Waals surface area contributed by atoms with Gasteiger partial charge in [0.25, 0.3) is 0 Å². The maximum atomic E-state index is 13.9. The molecular formula is C16H8BrFN2O. The molecule has 0 spiro atoms. The molecule has 0 atom stereocenters. The molecule has 102 valence electrons. The van der Waals surface area contributed by atoms with Crippen molar-refractivity contribution in [1.29, 1.82) is 5.26 Å². The first-order chi connectivity index (χ1) is 10.1. The highest BCUT2D eigenvalue weighted by Gasteiger charge is 2.20. The summed E-state index contributed by atoms with van der Waals surface area (Å²) in [7, 11) is 0. The van der Waals surface area contributed by atoms with E-state index in [1.165, 1.54) is 18.3 Å². The van der Waals surface area contributed by atoms with Crippen LogP contribution in [0, 0.1) is 17.1 Å². The van der Waals surface area contributed by atoms with Gasteiger partial charge < -0.3 is 4.98 Å². The van der Waals surface area contributed by atoms with Crippen molar-refractivity contribution in [1.82, 2.24) is 4.98 Å². The van der Waals surface area contributed by atoms with Crippen molar-refractivity contribution in [2.24, 2.45) is 0 Å². The van der Waals surface area contributed by atoms with E-state index in [1.807, 2.05) is 6.07 Å². The number of carbonyl (C=O) groups is 1. The summed E-state index contributed by atoms with van der Waals surface area (Å²) in [5.41, 5.74) is 1.50. The minimum atomic E-state index is -0.583. The molecule has 0 aliphatic rings. The molecule has 3 aromatic rings. The van der Waals surface area contributed by atoms with Crippen molar-refractivity contribution in [2.45, 2.75) is 0 Å². The summed E-state index contributed by atoms with van der Waals surface area (Å²) in [6.07, 6.45) is 1.53. The van der Waals surface area contributed by atoms with Crippen LogP contribution in [-0.2, 0) is 0 Å². The van der Waals surface area contributed by atoms with Gasteiger partial charge in [0.15, 0.2) is 5.78 Å². The van der Waals surface area contributed by atoms with E-state index in [-0.39, 0.29) is 5.56 Å². The van der Waals surface area contributed by atoms with Crippen LogP contribution in [0.1, 0.15) is 21.5 Å². The first-order valence-corrected chi connectivity index (χ1v) is 6.91. The molecule has 3 rings (SSSR count). The second kappa shape index (κ2) is 5.15. The van der Waals surface area contributed by atoms with Crippen molar-refractivity contribution >= 4 is 32.6 Å². The zero-order valence-corrected chi connectivity index (χ0v) is 12.2. The molecule has 1 aromatic heterocycles. The van der Waals surface area contributed by atoms with Gasteiger partial charge in [-0.1, -0.05) is 6.07 Å². The zero-order valence-electron chi connectivity index (χ0n) is 10.7. The lowest BCUT2D eigenvalue weighted by atomic mass is 10.0. The number of rotatable bonds is 2. The van der Waals surface area contributed by atoms with E-state index in [2.05, 4.69) is 20.9 Å². The number of hydrogen-bond donors (Lipinski definition) is 1. The van der Waals surface area contributed by atoms with Crippen LogP contribution in [0.4, 0.5) is 4.39 Å². The fourth-order valence-corrected chi connectivity index (χ4v) is 2.75. The monoisotopic (exact) mass is 342 g/mol. The molecule has 2 aromatic carbocycles. The Kier molecular flexibility index (Phi) is 3.32. The standard InChI is InChI=1S/C16H8BrFN2O/c17-12-2-1-3-13(18)15(12)16(21)11-8-20-14-5-4-9(7-19)6-10(11)14/h1-6,8,20H. The van der Waals surface area contributed by atoms with E-state index >= 15 is 0 Å². The zero-order chi connectivity index (χ0) is 15.0. The number of nitriles is 1.